The number of hydrogen-bond acceptors (Lipinski definition) is 3. The molecule has 0 spiro atoms. The SMILES string of the molecule is CCCc1c(-c2ccc(Cl)s2)nn(-c2ccccc2)c1N. The Hall–Kier alpha value is -1.78. The van der Waals surface area contributed by atoms with Gasteiger partial charge in [-0.15, -0.1) is 11.3 Å². The van der Waals surface area contributed by atoms with Gasteiger partial charge in [0.1, 0.15) is 11.5 Å². The standard InChI is InChI=1S/C16H16ClN3S/c1-2-6-12-15(13-9-10-14(17)21-13)19-20(16(12)18)11-7-4-3-5-8-11/h3-5,7-10H,2,6,18H2,1H3. The molecule has 21 heavy (non-hydrogen) atoms. The maximum Gasteiger partial charge on any atom is 0.131 e. The van der Waals surface area contributed by atoms with Crippen LogP contribution < -0.4 is 5.73 Å². The van der Waals surface area contributed by atoms with E-state index in [1.54, 1.807) is 0 Å². The molecule has 0 aliphatic rings. The van der Waals surface area contributed by atoms with E-state index in [0.717, 1.165) is 39.0 Å². The van der Waals surface area contributed by atoms with Gasteiger partial charge in [0.25, 0.3) is 0 Å². The van der Waals surface area contributed by atoms with E-state index in [4.69, 9.17) is 22.4 Å². The fourth-order valence-corrected chi connectivity index (χ4v) is 3.42. The molecule has 0 aliphatic carbocycles. The van der Waals surface area contributed by atoms with Gasteiger partial charge in [-0.1, -0.05) is 43.1 Å². The Morgan fingerprint density at radius 1 is 1.19 bits per heavy atom. The average molecular weight is 318 g/mol. The highest BCUT2D eigenvalue weighted by Crippen LogP contribution is 2.36. The van der Waals surface area contributed by atoms with Crippen molar-refractivity contribution in [3.05, 3.63) is 52.4 Å². The van der Waals surface area contributed by atoms with Crippen molar-refractivity contribution in [3.63, 3.8) is 0 Å². The summed E-state index contributed by atoms with van der Waals surface area (Å²) in [5.41, 5.74) is 9.35. The number of nitrogens with zero attached hydrogens (tertiary/aromatic N) is 2. The normalized spacial score (nSPS) is 11.0. The van der Waals surface area contributed by atoms with Crippen molar-refractivity contribution in [2.24, 2.45) is 0 Å². The minimum atomic E-state index is 0.711. The molecule has 3 nitrogen and oxygen atoms in total. The number of thiophene rings is 1. The summed E-state index contributed by atoms with van der Waals surface area (Å²) in [6.45, 7) is 2.14. The number of benzene rings is 1. The first kappa shape index (κ1) is 14.2. The molecule has 0 atom stereocenters. The molecule has 0 fully saturated rings. The second kappa shape index (κ2) is 5.92. The maximum atomic E-state index is 6.34. The van der Waals surface area contributed by atoms with E-state index in [-0.39, 0.29) is 0 Å². The molecule has 5 heteroatoms. The van der Waals surface area contributed by atoms with Gasteiger partial charge in [0, 0.05) is 5.56 Å². The molecule has 0 bridgehead atoms. The monoisotopic (exact) mass is 317 g/mol. The summed E-state index contributed by atoms with van der Waals surface area (Å²) in [6, 6.07) is 13.9. The fraction of sp³-hybridized carbons (Fsp3) is 0.188. The molecule has 2 N–H and O–H groups in total. The smallest absolute Gasteiger partial charge is 0.131 e. The third kappa shape index (κ3) is 2.69. The Kier molecular flexibility index (Phi) is 3.99. The molecular formula is C16H16ClN3S. The van der Waals surface area contributed by atoms with E-state index < -0.39 is 0 Å². The molecule has 2 aromatic heterocycles. The lowest BCUT2D eigenvalue weighted by molar-refractivity contribution is 0.893. The molecule has 2 heterocycles. The van der Waals surface area contributed by atoms with Gasteiger partial charge in [0.05, 0.1) is 14.9 Å². The maximum absolute atomic E-state index is 6.34. The molecule has 0 amide bonds. The molecule has 0 aliphatic heterocycles. The number of nitrogens with two attached hydrogens (primary N) is 1. The Bertz CT molecular complexity index is 746. The highest BCUT2D eigenvalue weighted by molar-refractivity contribution is 7.19. The van der Waals surface area contributed by atoms with E-state index in [1.807, 2.05) is 47.1 Å². The zero-order valence-electron chi connectivity index (χ0n) is 11.7. The molecule has 108 valence electrons. The minimum absolute atomic E-state index is 0.711. The topological polar surface area (TPSA) is 43.8 Å². The summed E-state index contributed by atoms with van der Waals surface area (Å²) in [4.78, 5) is 1.06. The largest absolute Gasteiger partial charge is 0.383 e. The summed E-state index contributed by atoms with van der Waals surface area (Å²) in [5.74, 6) is 0.711. The van der Waals surface area contributed by atoms with Crippen molar-refractivity contribution in [2.45, 2.75) is 19.8 Å². The molecule has 0 saturated carbocycles. The van der Waals surface area contributed by atoms with Gasteiger partial charge in [-0.2, -0.15) is 5.10 Å². The van der Waals surface area contributed by atoms with Crippen LogP contribution in [0.3, 0.4) is 0 Å². The van der Waals surface area contributed by atoms with Gasteiger partial charge >= 0.3 is 0 Å². The predicted octanol–water partition coefficient (Wildman–Crippen LogP) is 4.79. The van der Waals surface area contributed by atoms with Crippen molar-refractivity contribution >= 4 is 28.8 Å². The summed E-state index contributed by atoms with van der Waals surface area (Å²) in [7, 11) is 0. The molecule has 0 unspecified atom stereocenters. The summed E-state index contributed by atoms with van der Waals surface area (Å²) < 4.78 is 2.58. The Morgan fingerprint density at radius 3 is 2.57 bits per heavy atom. The van der Waals surface area contributed by atoms with Crippen LogP contribution >= 0.6 is 22.9 Å². The van der Waals surface area contributed by atoms with Crippen molar-refractivity contribution in [3.8, 4) is 16.3 Å². The van der Waals surface area contributed by atoms with Crippen LogP contribution in [0.2, 0.25) is 4.34 Å². The number of aromatic nitrogens is 2. The zero-order valence-corrected chi connectivity index (χ0v) is 13.3. The number of anilines is 1. The third-order valence-electron chi connectivity index (χ3n) is 3.33. The molecule has 0 radical (unpaired) electrons. The van der Waals surface area contributed by atoms with Gasteiger partial charge in [-0.05, 0) is 30.7 Å². The third-order valence-corrected chi connectivity index (χ3v) is 4.57. The van der Waals surface area contributed by atoms with Crippen LogP contribution in [-0.4, -0.2) is 9.78 Å². The summed E-state index contributed by atoms with van der Waals surface area (Å²) >= 11 is 7.59. The highest BCUT2D eigenvalue weighted by Gasteiger charge is 2.18. The first-order valence-electron chi connectivity index (χ1n) is 6.89. The van der Waals surface area contributed by atoms with Crippen LogP contribution in [0.25, 0.3) is 16.3 Å². The second-order valence-electron chi connectivity index (χ2n) is 4.81. The summed E-state index contributed by atoms with van der Waals surface area (Å²) in [5, 5.41) is 4.73. The van der Waals surface area contributed by atoms with E-state index in [2.05, 4.69) is 6.92 Å². The minimum Gasteiger partial charge on any atom is -0.383 e. The van der Waals surface area contributed by atoms with Gasteiger partial charge in [0.2, 0.25) is 0 Å². The molecule has 0 saturated heterocycles. The van der Waals surface area contributed by atoms with Gasteiger partial charge in [-0.25, -0.2) is 4.68 Å². The van der Waals surface area contributed by atoms with Crippen LogP contribution in [0, 0.1) is 0 Å². The molecular weight excluding hydrogens is 302 g/mol. The van der Waals surface area contributed by atoms with Gasteiger partial charge in [-0.3, -0.25) is 0 Å². The van der Waals surface area contributed by atoms with Crippen LogP contribution in [0.1, 0.15) is 18.9 Å². The first-order chi connectivity index (χ1) is 10.2. The van der Waals surface area contributed by atoms with Gasteiger partial charge < -0.3 is 5.73 Å². The lowest BCUT2D eigenvalue weighted by Crippen LogP contribution is -2.02. The number of rotatable bonds is 4. The van der Waals surface area contributed by atoms with Crippen LogP contribution in [0.15, 0.2) is 42.5 Å². The predicted molar refractivity (Wildman–Crippen MR) is 90.3 cm³/mol. The van der Waals surface area contributed by atoms with E-state index >= 15 is 0 Å². The Balaban J connectivity index is 2.16. The Morgan fingerprint density at radius 2 is 1.95 bits per heavy atom. The van der Waals surface area contributed by atoms with E-state index in [0.29, 0.717) is 5.82 Å². The highest BCUT2D eigenvalue weighted by atomic mass is 35.5. The summed E-state index contributed by atoms with van der Waals surface area (Å²) in [6.07, 6.45) is 1.93. The average Bonchev–Trinajstić information content (AvgIpc) is 3.06. The number of nitrogen functional groups attached to an aromatic ring is 1. The van der Waals surface area contributed by atoms with Crippen LogP contribution in [0.4, 0.5) is 5.82 Å². The number of para-hydroxylation sites is 1. The van der Waals surface area contributed by atoms with Crippen molar-refractivity contribution in [2.75, 3.05) is 5.73 Å². The second-order valence-corrected chi connectivity index (χ2v) is 6.53. The van der Waals surface area contributed by atoms with Crippen LogP contribution in [-0.2, 0) is 6.42 Å². The van der Waals surface area contributed by atoms with E-state index in [9.17, 15) is 0 Å². The lowest BCUT2D eigenvalue weighted by atomic mass is 10.1. The number of halogens is 1. The first-order valence-corrected chi connectivity index (χ1v) is 8.08. The quantitative estimate of drug-likeness (QED) is 0.752. The molecule has 3 aromatic rings. The van der Waals surface area contributed by atoms with Crippen molar-refractivity contribution in [1.82, 2.24) is 9.78 Å². The van der Waals surface area contributed by atoms with E-state index in [1.165, 1.54) is 11.3 Å². The molecule has 3 rings (SSSR count). The molecule has 1 aromatic carbocycles. The fourth-order valence-electron chi connectivity index (χ4n) is 2.37. The zero-order chi connectivity index (χ0) is 14.8. The van der Waals surface area contributed by atoms with Crippen LogP contribution in [0.5, 0.6) is 0 Å². The van der Waals surface area contributed by atoms with Crippen molar-refractivity contribution in [1.29, 1.82) is 0 Å². The van der Waals surface area contributed by atoms with Gasteiger partial charge in [0.15, 0.2) is 0 Å². The lowest BCUT2D eigenvalue weighted by Gasteiger charge is -2.04. The Labute approximate surface area is 133 Å². The van der Waals surface area contributed by atoms with Crippen molar-refractivity contribution < 1.29 is 0 Å². The number of hydrogen-bond donors (Lipinski definition) is 1.